The van der Waals surface area contributed by atoms with Crippen LogP contribution in [0, 0.1) is 83.1 Å². The number of hydrogen-bond donors (Lipinski definition) is 2. The number of fused-ring (bicyclic) bond motifs is 8. The standard InChI is InChI=1S/C56H54N4.Zn/c1-29-17-33(5)48(34(6)18-29)46-27-45-26-43-14-13-41(57-43)25-42-15-16-44(58-42)28-47-52(49-35(7)19-30(2)20-36(49)8)53(50-37(9)21-31(3)22-38(50)10)56(60-47)54(55(46)59-45)51-39(11)23-32(4)24-40(51)12;/h13-28,57,60H,1-12H3;. The molecule has 0 fully saturated rings. The van der Waals surface area contributed by atoms with Crippen LogP contribution in [0.1, 0.15) is 95.1 Å². The first-order valence-corrected chi connectivity index (χ1v) is 21.1. The van der Waals surface area contributed by atoms with Gasteiger partial charge in [0.2, 0.25) is 0 Å². The Morgan fingerprint density at radius 1 is 0.361 bits per heavy atom. The molecule has 0 radical (unpaired) electrons. The summed E-state index contributed by atoms with van der Waals surface area (Å²) < 4.78 is 0. The first-order chi connectivity index (χ1) is 28.6. The molecule has 61 heavy (non-hydrogen) atoms. The maximum atomic E-state index is 5.74. The number of aromatic amines is 2. The molecule has 0 unspecified atom stereocenters. The van der Waals surface area contributed by atoms with Gasteiger partial charge in [0.1, 0.15) is 0 Å². The second-order valence-corrected chi connectivity index (χ2v) is 17.7. The minimum Gasteiger partial charge on any atom is -0.355 e. The molecule has 0 spiro atoms. The number of nitrogens with zero attached hydrogens (tertiary/aromatic N) is 2. The number of benzene rings is 4. The molecule has 5 heterocycles. The average Bonchev–Trinajstić information content (AvgIpc) is 3.94. The largest absolute Gasteiger partial charge is 0.355 e. The Morgan fingerprint density at radius 3 is 1.23 bits per heavy atom. The molecule has 0 saturated heterocycles. The van der Waals surface area contributed by atoms with Crippen molar-refractivity contribution in [3.8, 4) is 33.4 Å². The van der Waals surface area contributed by atoms with E-state index in [9.17, 15) is 0 Å². The molecule has 5 heteroatoms. The number of aromatic nitrogens is 4. The van der Waals surface area contributed by atoms with Crippen LogP contribution in [0.3, 0.4) is 0 Å². The van der Waals surface area contributed by atoms with Crippen molar-refractivity contribution in [1.82, 2.24) is 19.9 Å². The second kappa shape index (κ2) is 15.9. The third kappa shape index (κ3) is 7.48. The molecule has 0 saturated carbocycles. The molecule has 2 aliphatic rings. The number of aryl methyl sites for hydroxylation is 12. The predicted octanol–water partition coefficient (Wildman–Crippen LogP) is 14.8. The van der Waals surface area contributed by atoms with E-state index in [1.165, 1.54) is 100 Å². The fourth-order valence-electron chi connectivity index (χ4n) is 10.5. The van der Waals surface area contributed by atoms with Gasteiger partial charge >= 0.3 is 0 Å². The van der Waals surface area contributed by atoms with Crippen LogP contribution in [0.2, 0.25) is 0 Å². The van der Waals surface area contributed by atoms with Crippen LogP contribution in [0.4, 0.5) is 0 Å². The van der Waals surface area contributed by atoms with Gasteiger partial charge in [-0.05, 0) is 198 Å². The SMILES string of the molecule is Cc1cc(C)c(C2=Cc3cc4ccc(cc5nc(cc6[nH]c(c(-c7c(C)cc(C)cc7C)c2n3)c(-c2c(C)cc(C)cc2C)c6-c2c(C)cc(C)cc2C)C=C5)[nH]4)c(C)c1.[Zn]. The Hall–Kier alpha value is -5.90. The van der Waals surface area contributed by atoms with Crippen LogP contribution in [-0.4, -0.2) is 19.9 Å². The first kappa shape index (κ1) is 41.8. The molecule has 9 rings (SSSR count). The summed E-state index contributed by atoms with van der Waals surface area (Å²) in [5, 5.41) is 0. The molecule has 300 valence electrons. The third-order valence-corrected chi connectivity index (χ3v) is 12.3. The minimum absolute atomic E-state index is 0. The molecular formula is C56H54N4Zn. The summed E-state index contributed by atoms with van der Waals surface area (Å²) in [5.74, 6) is 0. The monoisotopic (exact) mass is 846 g/mol. The van der Waals surface area contributed by atoms with Crippen LogP contribution in [-0.2, 0) is 19.5 Å². The van der Waals surface area contributed by atoms with Crippen molar-refractivity contribution < 1.29 is 19.5 Å². The van der Waals surface area contributed by atoms with Crippen molar-refractivity contribution >= 4 is 45.9 Å². The van der Waals surface area contributed by atoms with Gasteiger partial charge in [-0.1, -0.05) is 70.8 Å². The van der Waals surface area contributed by atoms with Crippen molar-refractivity contribution in [2.24, 2.45) is 0 Å². The van der Waals surface area contributed by atoms with Crippen molar-refractivity contribution in [3.63, 3.8) is 0 Å². The van der Waals surface area contributed by atoms with Gasteiger partial charge in [0.15, 0.2) is 0 Å². The summed E-state index contributed by atoms with van der Waals surface area (Å²) in [7, 11) is 0. The summed E-state index contributed by atoms with van der Waals surface area (Å²) in [6.45, 7) is 26.9. The van der Waals surface area contributed by atoms with E-state index in [0.717, 1.165) is 56.0 Å². The zero-order chi connectivity index (χ0) is 42.3. The van der Waals surface area contributed by atoms with E-state index in [0.29, 0.717) is 0 Å². The van der Waals surface area contributed by atoms with Gasteiger partial charge in [0.05, 0.1) is 28.3 Å². The summed E-state index contributed by atoms with van der Waals surface area (Å²) in [4.78, 5) is 18.7. The van der Waals surface area contributed by atoms with Crippen LogP contribution < -0.4 is 0 Å². The van der Waals surface area contributed by atoms with E-state index in [-0.39, 0.29) is 19.5 Å². The van der Waals surface area contributed by atoms with Gasteiger partial charge in [0, 0.05) is 58.3 Å². The van der Waals surface area contributed by atoms with Crippen LogP contribution in [0.15, 0.2) is 78.9 Å². The molecule has 3 aromatic heterocycles. The Morgan fingerprint density at radius 2 is 0.754 bits per heavy atom. The fraction of sp³-hybridized carbons (Fsp3) is 0.214. The van der Waals surface area contributed by atoms with Crippen LogP contribution >= 0.6 is 0 Å². The molecule has 2 aliphatic heterocycles. The van der Waals surface area contributed by atoms with Crippen LogP contribution in [0.5, 0.6) is 0 Å². The Kier molecular flexibility index (Phi) is 10.9. The number of rotatable bonds is 4. The van der Waals surface area contributed by atoms with E-state index >= 15 is 0 Å². The van der Waals surface area contributed by atoms with Crippen LogP contribution in [0.25, 0.3) is 79.2 Å². The number of nitrogens with one attached hydrogen (secondary N) is 2. The maximum absolute atomic E-state index is 5.74. The van der Waals surface area contributed by atoms with Gasteiger partial charge in [-0.25, -0.2) is 9.97 Å². The predicted molar refractivity (Wildman–Crippen MR) is 256 cm³/mol. The Labute approximate surface area is 373 Å². The molecule has 7 aromatic rings. The van der Waals surface area contributed by atoms with Crippen molar-refractivity contribution in [2.45, 2.75) is 83.1 Å². The van der Waals surface area contributed by atoms with E-state index in [4.69, 9.17) is 9.97 Å². The molecule has 0 atom stereocenters. The van der Waals surface area contributed by atoms with E-state index in [1.54, 1.807) is 0 Å². The van der Waals surface area contributed by atoms with Crippen molar-refractivity contribution in [2.75, 3.05) is 0 Å². The summed E-state index contributed by atoms with van der Waals surface area (Å²) in [6.07, 6.45) is 6.54. The molecule has 0 amide bonds. The molecule has 8 bridgehead atoms. The summed E-state index contributed by atoms with van der Waals surface area (Å²) in [5.41, 5.74) is 32.1. The van der Waals surface area contributed by atoms with Crippen molar-refractivity contribution in [1.29, 1.82) is 0 Å². The normalized spacial score (nSPS) is 12.2. The van der Waals surface area contributed by atoms with E-state index < -0.39 is 0 Å². The maximum Gasteiger partial charge on any atom is 0.0815 e. The Balaban J connectivity index is 0.00000514. The van der Waals surface area contributed by atoms with Gasteiger partial charge in [0.25, 0.3) is 0 Å². The first-order valence-electron chi connectivity index (χ1n) is 21.1. The van der Waals surface area contributed by atoms with Gasteiger partial charge in [-0.3, -0.25) is 0 Å². The molecule has 4 nitrogen and oxygen atoms in total. The average molecular weight is 848 g/mol. The fourth-order valence-corrected chi connectivity index (χ4v) is 10.5. The zero-order valence-electron chi connectivity index (χ0n) is 37.8. The Bertz CT molecular complexity index is 3130. The molecule has 0 aliphatic carbocycles. The summed E-state index contributed by atoms with van der Waals surface area (Å²) >= 11 is 0. The molecule has 4 aromatic carbocycles. The quantitative estimate of drug-likeness (QED) is 0.173. The number of hydrogen-bond acceptors (Lipinski definition) is 2. The van der Waals surface area contributed by atoms with E-state index in [1.807, 2.05) is 0 Å². The van der Waals surface area contributed by atoms with Gasteiger partial charge in [-0.15, -0.1) is 0 Å². The second-order valence-electron chi connectivity index (χ2n) is 17.7. The zero-order valence-corrected chi connectivity index (χ0v) is 40.8. The molecular weight excluding hydrogens is 794 g/mol. The van der Waals surface area contributed by atoms with E-state index in [2.05, 4.69) is 190 Å². The van der Waals surface area contributed by atoms with Crippen molar-refractivity contribution in [3.05, 3.63) is 174 Å². The minimum atomic E-state index is 0. The van der Waals surface area contributed by atoms with Gasteiger partial charge < -0.3 is 9.97 Å². The summed E-state index contributed by atoms with van der Waals surface area (Å²) in [6, 6.07) is 29.4. The molecule has 2 N–H and O–H groups in total. The smallest absolute Gasteiger partial charge is 0.0815 e. The third-order valence-electron chi connectivity index (χ3n) is 12.3. The van der Waals surface area contributed by atoms with Gasteiger partial charge in [-0.2, -0.15) is 0 Å². The topological polar surface area (TPSA) is 57.4 Å². The number of H-pyrrole nitrogens is 2.